The Morgan fingerprint density at radius 2 is 2.40 bits per heavy atom. The molecule has 0 aliphatic rings. The summed E-state index contributed by atoms with van der Waals surface area (Å²) in [4.78, 5) is 14.1. The van der Waals surface area contributed by atoms with Crippen molar-refractivity contribution in [2.45, 2.75) is 6.54 Å². The Morgan fingerprint density at radius 3 is 3.00 bits per heavy atom. The number of fused-ring (bicyclic) bond motifs is 1. The zero-order valence-electron chi connectivity index (χ0n) is 7.55. The van der Waals surface area contributed by atoms with Gasteiger partial charge in [0.2, 0.25) is 5.82 Å². The van der Waals surface area contributed by atoms with Crippen LogP contribution >= 0.6 is 15.9 Å². The molecule has 0 amide bonds. The molecule has 2 rings (SSSR count). The number of hydrogen-bond donors (Lipinski definition) is 1. The van der Waals surface area contributed by atoms with E-state index in [9.17, 15) is 10.1 Å². The third kappa shape index (κ3) is 1.49. The quantitative estimate of drug-likeness (QED) is 0.661. The number of nitrogens with zero attached hydrogens (tertiary/aromatic N) is 3. The van der Waals surface area contributed by atoms with Crippen molar-refractivity contribution in [2.24, 2.45) is 5.73 Å². The minimum atomic E-state index is -0.515. The summed E-state index contributed by atoms with van der Waals surface area (Å²) in [6.07, 6.45) is 1.70. The van der Waals surface area contributed by atoms with Gasteiger partial charge < -0.3 is 15.8 Å². The zero-order valence-corrected chi connectivity index (χ0v) is 9.14. The minimum Gasteiger partial charge on any atom is -0.358 e. The van der Waals surface area contributed by atoms with Gasteiger partial charge in [0.1, 0.15) is 0 Å². The number of hydrogen-bond acceptors (Lipinski definition) is 4. The summed E-state index contributed by atoms with van der Waals surface area (Å²) in [5.74, 6) is 0.293. The van der Waals surface area contributed by atoms with Crippen molar-refractivity contribution in [3.05, 3.63) is 38.7 Å². The first-order chi connectivity index (χ1) is 7.15. The van der Waals surface area contributed by atoms with Gasteiger partial charge in [0, 0.05) is 6.20 Å². The molecule has 0 spiro atoms. The standard InChI is InChI=1S/C8H7BrN4O2/c9-5-2-1-3-12-6(4-10)11-8(7(5)12)13(14)15/h1-3H,4,10H2. The van der Waals surface area contributed by atoms with Crippen LogP contribution in [0.2, 0.25) is 0 Å². The molecule has 0 radical (unpaired) electrons. The van der Waals surface area contributed by atoms with Crippen molar-refractivity contribution < 1.29 is 4.92 Å². The topological polar surface area (TPSA) is 86.5 Å². The van der Waals surface area contributed by atoms with Crippen LogP contribution in [0.3, 0.4) is 0 Å². The Kier molecular flexibility index (Phi) is 2.41. The Hall–Kier alpha value is -1.47. The number of nitrogens with two attached hydrogens (primary N) is 1. The second-order valence-corrected chi connectivity index (χ2v) is 3.74. The Balaban J connectivity index is 2.88. The molecule has 0 aromatic carbocycles. The van der Waals surface area contributed by atoms with Crippen LogP contribution in [0.4, 0.5) is 5.82 Å². The number of halogens is 1. The number of aromatic nitrogens is 2. The molecular weight excluding hydrogens is 264 g/mol. The molecule has 0 fully saturated rings. The fourth-order valence-corrected chi connectivity index (χ4v) is 1.93. The highest BCUT2D eigenvalue weighted by molar-refractivity contribution is 9.10. The highest BCUT2D eigenvalue weighted by Crippen LogP contribution is 2.27. The monoisotopic (exact) mass is 270 g/mol. The van der Waals surface area contributed by atoms with E-state index in [0.29, 0.717) is 15.8 Å². The lowest BCUT2D eigenvalue weighted by Crippen LogP contribution is -2.02. The maximum Gasteiger partial charge on any atom is 0.391 e. The van der Waals surface area contributed by atoms with Gasteiger partial charge in [-0.25, -0.2) is 0 Å². The van der Waals surface area contributed by atoms with Crippen molar-refractivity contribution in [3.63, 3.8) is 0 Å². The Bertz CT molecular complexity index is 537. The van der Waals surface area contributed by atoms with E-state index in [-0.39, 0.29) is 12.4 Å². The second kappa shape index (κ2) is 3.59. The lowest BCUT2D eigenvalue weighted by atomic mass is 10.4. The zero-order chi connectivity index (χ0) is 11.0. The largest absolute Gasteiger partial charge is 0.391 e. The lowest BCUT2D eigenvalue weighted by molar-refractivity contribution is -0.387. The summed E-state index contributed by atoms with van der Waals surface area (Å²) in [5.41, 5.74) is 5.89. The number of rotatable bonds is 2. The van der Waals surface area contributed by atoms with Crippen LogP contribution in [0.25, 0.3) is 5.52 Å². The van der Waals surface area contributed by atoms with Gasteiger partial charge in [-0.2, -0.15) is 0 Å². The number of imidazole rings is 1. The van der Waals surface area contributed by atoms with Crippen molar-refractivity contribution in [1.29, 1.82) is 0 Å². The van der Waals surface area contributed by atoms with Crippen molar-refractivity contribution in [2.75, 3.05) is 0 Å². The molecular formula is C8H7BrN4O2. The van der Waals surface area contributed by atoms with Crippen LogP contribution in [0, 0.1) is 10.1 Å². The van der Waals surface area contributed by atoms with E-state index in [4.69, 9.17) is 5.73 Å². The van der Waals surface area contributed by atoms with Crippen LogP contribution in [-0.2, 0) is 6.54 Å². The summed E-state index contributed by atoms with van der Waals surface area (Å²) in [6.45, 7) is 0.158. The van der Waals surface area contributed by atoms with Crippen LogP contribution in [0.1, 0.15) is 5.82 Å². The fourth-order valence-electron chi connectivity index (χ4n) is 1.41. The summed E-state index contributed by atoms with van der Waals surface area (Å²) < 4.78 is 2.24. The van der Waals surface area contributed by atoms with Crippen molar-refractivity contribution >= 4 is 27.3 Å². The Labute approximate surface area is 93.0 Å². The molecule has 2 heterocycles. The molecule has 0 bridgehead atoms. The van der Waals surface area contributed by atoms with Crippen molar-refractivity contribution in [1.82, 2.24) is 9.38 Å². The molecule has 0 saturated carbocycles. The molecule has 0 atom stereocenters. The van der Waals surface area contributed by atoms with Gasteiger partial charge >= 0.3 is 5.82 Å². The van der Waals surface area contributed by atoms with Gasteiger partial charge in [0.25, 0.3) is 0 Å². The average Bonchev–Trinajstić information content (AvgIpc) is 2.58. The molecule has 0 unspecified atom stereocenters. The van der Waals surface area contributed by atoms with Gasteiger partial charge in [-0.1, -0.05) is 0 Å². The molecule has 7 heteroatoms. The van der Waals surface area contributed by atoms with E-state index in [1.807, 2.05) is 0 Å². The van der Waals surface area contributed by atoms with Crippen LogP contribution < -0.4 is 5.73 Å². The molecule has 0 aliphatic heterocycles. The third-order valence-electron chi connectivity index (χ3n) is 2.03. The fraction of sp³-hybridized carbons (Fsp3) is 0.125. The molecule has 2 aromatic rings. The predicted octanol–water partition coefficient (Wildman–Crippen LogP) is 1.46. The molecule has 15 heavy (non-hydrogen) atoms. The maximum absolute atomic E-state index is 10.8. The van der Waals surface area contributed by atoms with E-state index >= 15 is 0 Å². The average molecular weight is 271 g/mol. The molecule has 78 valence electrons. The summed E-state index contributed by atoms with van der Waals surface area (Å²) in [7, 11) is 0. The van der Waals surface area contributed by atoms with E-state index in [0.717, 1.165) is 0 Å². The van der Waals surface area contributed by atoms with E-state index in [2.05, 4.69) is 20.9 Å². The van der Waals surface area contributed by atoms with Crippen molar-refractivity contribution in [3.8, 4) is 0 Å². The van der Waals surface area contributed by atoms with Gasteiger partial charge in [0.05, 0.1) is 11.0 Å². The lowest BCUT2D eigenvalue weighted by Gasteiger charge is -1.96. The predicted molar refractivity (Wildman–Crippen MR) is 57.4 cm³/mol. The van der Waals surface area contributed by atoms with Gasteiger partial charge in [-0.15, -0.1) is 0 Å². The molecule has 0 aliphatic carbocycles. The first-order valence-corrected chi connectivity index (χ1v) is 4.94. The van der Waals surface area contributed by atoms with Crippen LogP contribution in [-0.4, -0.2) is 14.3 Å². The Morgan fingerprint density at radius 1 is 1.67 bits per heavy atom. The highest BCUT2D eigenvalue weighted by Gasteiger charge is 2.22. The van der Waals surface area contributed by atoms with Gasteiger partial charge in [-0.05, 0) is 38.0 Å². The SMILES string of the molecule is NCc1nc([N+](=O)[O-])c2c(Br)cccn12. The summed E-state index contributed by atoms with van der Waals surface area (Å²) in [6, 6.07) is 3.49. The third-order valence-corrected chi connectivity index (χ3v) is 2.67. The van der Waals surface area contributed by atoms with E-state index < -0.39 is 4.92 Å². The first-order valence-electron chi connectivity index (χ1n) is 4.15. The van der Waals surface area contributed by atoms with E-state index in [1.54, 1.807) is 22.7 Å². The molecule has 2 N–H and O–H groups in total. The highest BCUT2D eigenvalue weighted by atomic mass is 79.9. The van der Waals surface area contributed by atoms with E-state index in [1.165, 1.54) is 0 Å². The summed E-state index contributed by atoms with van der Waals surface area (Å²) >= 11 is 3.25. The first kappa shape index (κ1) is 10.1. The summed E-state index contributed by atoms with van der Waals surface area (Å²) in [5, 5.41) is 10.8. The normalized spacial score (nSPS) is 10.8. The molecule has 2 aromatic heterocycles. The smallest absolute Gasteiger partial charge is 0.358 e. The minimum absolute atomic E-state index is 0.158. The van der Waals surface area contributed by atoms with Gasteiger partial charge in [-0.3, -0.25) is 4.40 Å². The van der Waals surface area contributed by atoms with Crippen LogP contribution in [0.15, 0.2) is 22.8 Å². The molecule has 0 saturated heterocycles. The number of nitro groups is 1. The maximum atomic E-state index is 10.8. The second-order valence-electron chi connectivity index (χ2n) is 2.89. The number of pyridine rings is 1. The molecule has 6 nitrogen and oxygen atoms in total. The van der Waals surface area contributed by atoms with Crippen LogP contribution in [0.5, 0.6) is 0 Å². The van der Waals surface area contributed by atoms with Gasteiger partial charge in [0.15, 0.2) is 5.52 Å².